The minimum atomic E-state index is -0.276. The molecule has 4 aromatic heterocycles. The predicted octanol–water partition coefficient (Wildman–Crippen LogP) is 14.7. The van der Waals surface area contributed by atoms with Crippen molar-refractivity contribution in [3.05, 3.63) is 221 Å². The van der Waals surface area contributed by atoms with E-state index >= 15 is 0 Å². The molecule has 4 amide bonds. The average molecular weight is 1530 g/mol. The molecule has 12 atom stereocenters. The number of ether oxygens (including phenoxy) is 3. The standard InChI is InChI=1S/C26H26FN3O2.2C22H25N3O3.C20H23N3O2/c1-17-3-11-22(25-28-13-2-14-29-25)23(15-17)26(31)30-20-7-4-18(24(30)12-8-20)16-32-21-9-5-19(27)6-10-21;2*1-3-28-22(27)17-9-6-15-7-10-19(17)25(15)21(26)18-13-14(2)5-8-16(18)20-23-11-4-12-24-20;1-13-3-7-16(19-21-9-2-10-22-19)17(11-13)20(25)23-15-5-4-14(12-24)18(23)8-6-15/h2-3,5-6,9-11,13-15,18,20,24H,4,7-8,12,16H2,1H3;2*4-5,8,11-13,15,17,19H,3,6-7,9-10H2,1-2H3;2-3,7,9-11,14-15,18,24H,4-6,8,12H2,1H3/t18-,20-,24?;15-,17+,19?;;14-,15-,18?/m11.1/s1. The SMILES string of the molecule is CCOC(=O)C1CCC2CCC1N2C(=O)c1cc(C)ccc1-c1ncccn1.CCOC(=O)[C@H]1CC[C@@H]2CCC1N2C(=O)c1cc(C)ccc1-c1ncccn1.Cc1ccc(-c2ncccn2)c(C(=O)N2C3CC[C@H]2CC[C@@H]3CO)c1.Cc1ccc(-c2ncccn2)c(C(=O)N2C3CC[C@H]2CC[C@@H]3COc2ccc(F)cc2)c1. The molecular weight excluding hydrogens is 1430 g/mol. The number of aliphatic hydroxyl groups is 1. The van der Waals surface area contributed by atoms with Gasteiger partial charge in [0.2, 0.25) is 0 Å². The topological polar surface area (TPSA) is 266 Å². The molecule has 586 valence electrons. The molecule has 0 saturated carbocycles. The molecule has 1 N–H and O–H groups in total. The monoisotopic (exact) mass is 1530 g/mol. The maximum atomic E-state index is 13.9. The smallest absolute Gasteiger partial charge is 0.311 e. The van der Waals surface area contributed by atoms with Crippen LogP contribution in [-0.4, -0.2) is 175 Å². The first-order valence-corrected chi connectivity index (χ1v) is 40.1. The number of aliphatic hydroxyl groups excluding tert-OH is 1. The van der Waals surface area contributed by atoms with Crippen LogP contribution in [0.1, 0.15) is 180 Å². The molecule has 0 aliphatic carbocycles. The number of piperidine rings is 4. The van der Waals surface area contributed by atoms with E-state index in [0.29, 0.717) is 77.2 Å². The van der Waals surface area contributed by atoms with E-state index in [4.69, 9.17) is 14.2 Å². The van der Waals surface area contributed by atoms with Gasteiger partial charge in [-0.2, -0.15) is 0 Å². The molecule has 23 heteroatoms. The second-order valence-electron chi connectivity index (χ2n) is 31.0. The molecule has 6 unspecified atom stereocenters. The number of amides is 4. The van der Waals surface area contributed by atoms with Gasteiger partial charge < -0.3 is 38.9 Å². The van der Waals surface area contributed by atoms with Crippen molar-refractivity contribution in [2.24, 2.45) is 23.7 Å². The lowest BCUT2D eigenvalue weighted by Gasteiger charge is -2.40. The number of aryl methyl sites for hydroxylation is 4. The molecule has 0 radical (unpaired) electrons. The fourth-order valence-corrected chi connectivity index (χ4v) is 18.7. The first-order chi connectivity index (χ1) is 55.0. The summed E-state index contributed by atoms with van der Waals surface area (Å²) in [5.41, 5.74) is 9.65. The molecular formula is C90H99FN12O10. The van der Waals surface area contributed by atoms with E-state index < -0.39 is 0 Å². The number of aromatic nitrogens is 8. The van der Waals surface area contributed by atoms with Crippen LogP contribution >= 0.6 is 0 Å². The second-order valence-corrected chi connectivity index (χ2v) is 31.0. The zero-order chi connectivity index (χ0) is 78.8. The Kier molecular flexibility index (Phi) is 24.9. The van der Waals surface area contributed by atoms with Gasteiger partial charge in [0.05, 0.1) is 53.9 Å². The lowest BCUT2D eigenvalue weighted by atomic mass is 9.89. The van der Waals surface area contributed by atoms with Crippen LogP contribution < -0.4 is 4.74 Å². The maximum Gasteiger partial charge on any atom is 0.311 e. The molecule has 0 spiro atoms. The van der Waals surface area contributed by atoms with Crippen LogP contribution in [-0.2, 0) is 19.1 Å². The van der Waals surface area contributed by atoms with Gasteiger partial charge in [-0.1, -0.05) is 70.8 Å². The summed E-state index contributed by atoms with van der Waals surface area (Å²) in [7, 11) is 0. The van der Waals surface area contributed by atoms with Crippen molar-refractivity contribution < 1.29 is 52.5 Å². The van der Waals surface area contributed by atoms with Gasteiger partial charge in [0.25, 0.3) is 23.6 Å². The Balaban J connectivity index is 0.000000125. The van der Waals surface area contributed by atoms with E-state index in [-0.39, 0.29) is 114 Å². The normalized spacial score (nSPS) is 23.5. The first-order valence-electron chi connectivity index (χ1n) is 40.1. The molecule has 8 aliphatic heterocycles. The third-order valence-corrected chi connectivity index (χ3v) is 24.0. The van der Waals surface area contributed by atoms with Crippen molar-refractivity contribution in [1.82, 2.24) is 59.5 Å². The van der Waals surface area contributed by atoms with Crippen LogP contribution in [0.2, 0.25) is 0 Å². The van der Waals surface area contributed by atoms with Gasteiger partial charge in [-0.3, -0.25) is 28.8 Å². The number of halogens is 1. The fourth-order valence-electron chi connectivity index (χ4n) is 18.7. The van der Waals surface area contributed by atoms with Crippen LogP contribution in [0.25, 0.3) is 45.6 Å². The third kappa shape index (κ3) is 17.2. The molecule has 113 heavy (non-hydrogen) atoms. The Morgan fingerprint density at radius 1 is 0.372 bits per heavy atom. The summed E-state index contributed by atoms with van der Waals surface area (Å²) in [4.78, 5) is 122. The Labute approximate surface area is 659 Å². The molecule has 17 rings (SSSR count). The van der Waals surface area contributed by atoms with Crippen LogP contribution in [0.4, 0.5) is 4.39 Å². The van der Waals surface area contributed by atoms with E-state index in [1.807, 2.05) is 129 Å². The summed E-state index contributed by atoms with van der Waals surface area (Å²) < 4.78 is 29.7. The maximum absolute atomic E-state index is 13.9. The summed E-state index contributed by atoms with van der Waals surface area (Å²) in [6.45, 7) is 13.0. The van der Waals surface area contributed by atoms with E-state index in [9.17, 15) is 38.3 Å². The molecule has 8 aliphatic rings. The zero-order valence-corrected chi connectivity index (χ0v) is 65.1. The van der Waals surface area contributed by atoms with E-state index in [1.165, 1.54) is 12.1 Å². The van der Waals surface area contributed by atoms with Crippen molar-refractivity contribution >= 4 is 35.6 Å². The highest BCUT2D eigenvalue weighted by atomic mass is 19.1. The predicted molar refractivity (Wildman–Crippen MR) is 424 cm³/mol. The van der Waals surface area contributed by atoms with Crippen LogP contribution in [0.15, 0.2) is 171 Å². The zero-order valence-electron chi connectivity index (χ0n) is 65.1. The number of benzene rings is 5. The minimum Gasteiger partial charge on any atom is -0.493 e. The number of hydrogen-bond donors (Lipinski definition) is 1. The summed E-state index contributed by atoms with van der Waals surface area (Å²) in [5, 5.41) is 9.70. The number of carbonyl (C=O) groups is 6. The molecule has 12 heterocycles. The van der Waals surface area contributed by atoms with E-state index in [0.717, 1.165) is 147 Å². The largest absolute Gasteiger partial charge is 0.493 e. The summed E-state index contributed by atoms with van der Waals surface area (Å²) in [5.74, 6) is 2.27. The van der Waals surface area contributed by atoms with Crippen LogP contribution in [0.3, 0.4) is 0 Å². The van der Waals surface area contributed by atoms with E-state index in [1.54, 1.807) is 86.0 Å². The molecule has 9 aromatic rings. The first kappa shape index (κ1) is 78.6. The number of esters is 2. The van der Waals surface area contributed by atoms with Crippen molar-refractivity contribution in [1.29, 1.82) is 0 Å². The van der Waals surface area contributed by atoms with Crippen molar-refractivity contribution in [2.75, 3.05) is 26.4 Å². The summed E-state index contributed by atoms with van der Waals surface area (Å²) in [6, 6.07) is 37.6. The Morgan fingerprint density at radius 2 is 0.655 bits per heavy atom. The molecule has 22 nitrogen and oxygen atoms in total. The number of carbonyl (C=O) groups excluding carboxylic acids is 6. The average Bonchev–Trinajstić information content (AvgIpc) is 1.59. The van der Waals surface area contributed by atoms with Gasteiger partial charge in [-0.05, 0) is 217 Å². The highest BCUT2D eigenvalue weighted by molar-refractivity contribution is 6.04. The van der Waals surface area contributed by atoms with Crippen molar-refractivity contribution in [2.45, 2.75) is 193 Å². The van der Waals surface area contributed by atoms with Crippen LogP contribution in [0, 0.1) is 57.2 Å². The third-order valence-electron chi connectivity index (χ3n) is 24.0. The Morgan fingerprint density at radius 3 is 0.973 bits per heavy atom. The summed E-state index contributed by atoms with van der Waals surface area (Å²) >= 11 is 0. The number of nitrogens with zero attached hydrogens (tertiary/aromatic N) is 12. The highest BCUT2D eigenvalue weighted by Gasteiger charge is 2.51. The lowest BCUT2D eigenvalue weighted by molar-refractivity contribution is -0.152. The quantitative estimate of drug-likeness (QED) is 0.0881. The van der Waals surface area contributed by atoms with Gasteiger partial charge >= 0.3 is 11.9 Å². The van der Waals surface area contributed by atoms with Crippen molar-refractivity contribution in [3.8, 4) is 51.3 Å². The van der Waals surface area contributed by atoms with Gasteiger partial charge in [-0.25, -0.2) is 44.3 Å². The minimum absolute atomic E-state index is 0.0346. The molecule has 8 fully saturated rings. The molecule has 8 bridgehead atoms. The Hall–Kier alpha value is -11.1. The van der Waals surface area contributed by atoms with Gasteiger partial charge in [-0.15, -0.1) is 0 Å². The Bertz CT molecular complexity index is 4710. The number of hydrogen-bond acceptors (Lipinski definition) is 18. The second kappa shape index (κ2) is 35.7. The lowest BCUT2D eigenvalue weighted by Crippen LogP contribution is -2.50. The van der Waals surface area contributed by atoms with Gasteiger partial charge in [0.1, 0.15) is 11.6 Å². The van der Waals surface area contributed by atoms with Crippen molar-refractivity contribution in [3.63, 3.8) is 0 Å². The van der Waals surface area contributed by atoms with Gasteiger partial charge in [0, 0.05) is 139 Å². The fraction of sp³-hybridized carbons (Fsp3) is 0.422. The number of fused-ring (bicyclic) bond motifs is 8. The van der Waals surface area contributed by atoms with E-state index in [2.05, 4.69) is 44.8 Å². The summed E-state index contributed by atoms with van der Waals surface area (Å²) in [6.07, 6.45) is 28.4. The van der Waals surface area contributed by atoms with Gasteiger partial charge in [0.15, 0.2) is 23.3 Å². The van der Waals surface area contributed by atoms with Crippen LogP contribution in [0.5, 0.6) is 5.75 Å². The molecule has 8 saturated heterocycles. The molecule has 5 aromatic carbocycles. The highest BCUT2D eigenvalue weighted by Crippen LogP contribution is 2.46. The number of rotatable bonds is 16.